The highest BCUT2D eigenvalue weighted by Crippen LogP contribution is 2.38. The van der Waals surface area contributed by atoms with Gasteiger partial charge in [-0.1, -0.05) is 35.3 Å². The van der Waals surface area contributed by atoms with E-state index >= 15 is 0 Å². The quantitative estimate of drug-likeness (QED) is 0.612. The van der Waals surface area contributed by atoms with Crippen molar-refractivity contribution in [1.82, 2.24) is 4.90 Å². The van der Waals surface area contributed by atoms with Crippen LogP contribution in [-0.4, -0.2) is 52.4 Å². The molecule has 1 unspecified atom stereocenters. The number of nitrogens with zero attached hydrogens (tertiary/aromatic N) is 1. The van der Waals surface area contributed by atoms with Gasteiger partial charge in [-0.2, -0.15) is 0 Å². The fraction of sp³-hybridized carbons (Fsp3) is 0.429. The number of fused-ring (bicyclic) bond motifs is 1. The third kappa shape index (κ3) is 5.51. The van der Waals surface area contributed by atoms with Gasteiger partial charge in [-0.15, -0.1) is 0 Å². The summed E-state index contributed by atoms with van der Waals surface area (Å²) < 4.78 is 30.9. The van der Waals surface area contributed by atoms with E-state index in [1.165, 1.54) is 0 Å². The number of hydrogen-bond acceptors (Lipinski definition) is 5. The Hall–Kier alpha value is -1.15. The molecule has 0 saturated heterocycles. The van der Waals surface area contributed by atoms with E-state index in [2.05, 4.69) is 4.90 Å². The number of ether oxygens (including phenoxy) is 1. The molecule has 0 spiro atoms. The van der Waals surface area contributed by atoms with Crippen molar-refractivity contribution in [1.29, 1.82) is 0 Å². The van der Waals surface area contributed by atoms with Crippen molar-refractivity contribution in [3.8, 4) is 0 Å². The Morgan fingerprint density at radius 1 is 1.21 bits per heavy atom. The highest BCUT2D eigenvalue weighted by Gasteiger charge is 2.28. The lowest BCUT2D eigenvalue weighted by Gasteiger charge is -2.33. The standard InChI is InChI=1S/C21H26Cl2N2O3S/c1-25-13-19(18-11-16(22)12-21(23)20(18)14-25)15-4-2-5-17(10-15)29(26,27)9-3-7-28-8-6-24/h2,4-5,10-12,19H,3,6-9,13-14,24H2,1H3. The monoisotopic (exact) mass is 456 g/mol. The van der Waals surface area contributed by atoms with Crippen LogP contribution in [0.2, 0.25) is 10.0 Å². The Balaban J connectivity index is 1.87. The van der Waals surface area contributed by atoms with Crippen molar-refractivity contribution in [3.05, 3.63) is 63.1 Å². The van der Waals surface area contributed by atoms with Crippen molar-refractivity contribution >= 4 is 33.0 Å². The number of nitrogens with two attached hydrogens (primary N) is 1. The second-order valence-electron chi connectivity index (χ2n) is 7.35. The number of halogens is 2. The minimum Gasteiger partial charge on any atom is -0.380 e. The zero-order valence-corrected chi connectivity index (χ0v) is 18.7. The molecule has 29 heavy (non-hydrogen) atoms. The summed E-state index contributed by atoms with van der Waals surface area (Å²) in [5, 5.41) is 1.23. The molecule has 0 bridgehead atoms. The van der Waals surface area contributed by atoms with Gasteiger partial charge in [0.05, 0.1) is 17.3 Å². The number of benzene rings is 2. The van der Waals surface area contributed by atoms with Crippen molar-refractivity contribution in [3.63, 3.8) is 0 Å². The lowest BCUT2D eigenvalue weighted by Crippen LogP contribution is -2.31. The third-order valence-corrected chi connectivity index (χ3v) is 7.43. The molecule has 0 aliphatic carbocycles. The van der Waals surface area contributed by atoms with Crippen LogP contribution >= 0.6 is 23.2 Å². The average Bonchev–Trinajstić information content (AvgIpc) is 2.68. The summed E-state index contributed by atoms with van der Waals surface area (Å²) in [4.78, 5) is 2.51. The smallest absolute Gasteiger partial charge is 0.178 e. The molecule has 0 radical (unpaired) electrons. The molecule has 0 aromatic heterocycles. The summed E-state index contributed by atoms with van der Waals surface area (Å²) in [7, 11) is -1.36. The maximum Gasteiger partial charge on any atom is 0.178 e. The highest BCUT2D eigenvalue weighted by molar-refractivity contribution is 7.91. The molecule has 0 saturated carbocycles. The molecular formula is C21H26Cl2N2O3S. The SMILES string of the molecule is CN1Cc2c(Cl)cc(Cl)cc2C(c2cccc(S(=O)(=O)CCCOCCN)c2)C1. The van der Waals surface area contributed by atoms with Gasteiger partial charge in [-0.3, -0.25) is 0 Å². The van der Waals surface area contributed by atoms with Crippen LogP contribution in [0.1, 0.15) is 29.0 Å². The maximum absolute atomic E-state index is 12.8. The summed E-state index contributed by atoms with van der Waals surface area (Å²) in [6, 6.07) is 10.9. The molecule has 0 fully saturated rings. The van der Waals surface area contributed by atoms with Crippen LogP contribution in [0, 0.1) is 0 Å². The van der Waals surface area contributed by atoms with E-state index in [1.807, 2.05) is 19.2 Å². The van der Waals surface area contributed by atoms with E-state index in [0.717, 1.165) is 29.8 Å². The first-order valence-corrected chi connectivity index (χ1v) is 12.0. The van der Waals surface area contributed by atoms with Gasteiger partial charge < -0.3 is 15.4 Å². The highest BCUT2D eigenvalue weighted by atomic mass is 35.5. The number of rotatable bonds is 8. The summed E-state index contributed by atoms with van der Waals surface area (Å²) in [6.45, 7) is 2.76. The predicted octanol–water partition coefficient (Wildman–Crippen LogP) is 3.71. The molecule has 3 rings (SSSR count). The van der Waals surface area contributed by atoms with E-state index in [0.29, 0.717) is 41.1 Å². The van der Waals surface area contributed by atoms with Crippen molar-refractivity contribution < 1.29 is 13.2 Å². The van der Waals surface area contributed by atoms with E-state index in [1.54, 1.807) is 24.3 Å². The average molecular weight is 457 g/mol. The second-order valence-corrected chi connectivity index (χ2v) is 10.3. The first kappa shape index (κ1) is 22.5. The van der Waals surface area contributed by atoms with Gasteiger partial charge in [0.25, 0.3) is 0 Å². The van der Waals surface area contributed by atoms with E-state index < -0.39 is 9.84 Å². The van der Waals surface area contributed by atoms with Gasteiger partial charge in [0.2, 0.25) is 0 Å². The molecular weight excluding hydrogens is 431 g/mol. The first-order valence-electron chi connectivity index (χ1n) is 9.58. The minimum atomic E-state index is -3.39. The maximum atomic E-state index is 12.8. The number of likely N-dealkylation sites (N-methyl/N-ethyl adjacent to an activating group) is 1. The van der Waals surface area contributed by atoms with E-state index in [9.17, 15) is 8.42 Å². The molecule has 2 aromatic carbocycles. The van der Waals surface area contributed by atoms with Crippen LogP contribution in [0.15, 0.2) is 41.3 Å². The van der Waals surface area contributed by atoms with Gasteiger partial charge in [0, 0.05) is 42.2 Å². The summed E-state index contributed by atoms with van der Waals surface area (Å²) >= 11 is 12.7. The molecule has 2 aromatic rings. The van der Waals surface area contributed by atoms with E-state index in [4.69, 9.17) is 33.7 Å². The van der Waals surface area contributed by atoms with Crippen LogP contribution in [0.25, 0.3) is 0 Å². The van der Waals surface area contributed by atoms with Gasteiger partial charge in [-0.25, -0.2) is 8.42 Å². The zero-order valence-electron chi connectivity index (χ0n) is 16.4. The number of hydrogen-bond donors (Lipinski definition) is 1. The van der Waals surface area contributed by atoms with Crippen LogP contribution in [-0.2, 0) is 21.1 Å². The molecule has 1 atom stereocenters. The Morgan fingerprint density at radius 3 is 2.76 bits per heavy atom. The van der Waals surface area contributed by atoms with Crippen LogP contribution in [0.4, 0.5) is 0 Å². The van der Waals surface area contributed by atoms with Gasteiger partial charge in [0.1, 0.15) is 0 Å². The van der Waals surface area contributed by atoms with Crippen LogP contribution < -0.4 is 5.73 Å². The van der Waals surface area contributed by atoms with Crippen molar-refractivity contribution in [2.45, 2.75) is 23.8 Å². The van der Waals surface area contributed by atoms with Gasteiger partial charge in [0.15, 0.2) is 9.84 Å². The van der Waals surface area contributed by atoms with Crippen LogP contribution in [0.3, 0.4) is 0 Å². The fourth-order valence-electron chi connectivity index (χ4n) is 3.71. The Morgan fingerprint density at radius 2 is 2.00 bits per heavy atom. The van der Waals surface area contributed by atoms with Crippen molar-refractivity contribution in [2.24, 2.45) is 5.73 Å². The topological polar surface area (TPSA) is 72.6 Å². The third-order valence-electron chi connectivity index (χ3n) is 5.08. The van der Waals surface area contributed by atoms with Crippen LogP contribution in [0.5, 0.6) is 0 Å². The molecule has 5 nitrogen and oxygen atoms in total. The predicted molar refractivity (Wildman–Crippen MR) is 118 cm³/mol. The minimum absolute atomic E-state index is 0.00277. The number of sulfone groups is 1. The molecule has 1 aliphatic rings. The summed E-state index contributed by atoms with van der Waals surface area (Å²) in [6.07, 6.45) is 0.437. The molecule has 1 heterocycles. The fourth-order valence-corrected chi connectivity index (χ4v) is 5.61. The Kier molecular flexibility index (Phi) is 7.59. The first-order chi connectivity index (χ1) is 13.8. The zero-order chi connectivity index (χ0) is 21.0. The summed E-state index contributed by atoms with van der Waals surface area (Å²) in [5.74, 6) is 0.0443. The molecule has 158 valence electrons. The van der Waals surface area contributed by atoms with Crippen molar-refractivity contribution in [2.75, 3.05) is 39.1 Å². The normalized spacial score (nSPS) is 17.3. The summed E-state index contributed by atoms with van der Waals surface area (Å²) in [5.41, 5.74) is 8.42. The molecule has 8 heteroatoms. The second kappa shape index (κ2) is 9.77. The van der Waals surface area contributed by atoms with E-state index in [-0.39, 0.29) is 11.7 Å². The molecule has 1 aliphatic heterocycles. The van der Waals surface area contributed by atoms with Gasteiger partial charge >= 0.3 is 0 Å². The molecule has 0 amide bonds. The largest absolute Gasteiger partial charge is 0.380 e. The van der Waals surface area contributed by atoms with Gasteiger partial charge in [-0.05, 0) is 54.4 Å². The molecule has 2 N–H and O–H groups in total. The lowest BCUT2D eigenvalue weighted by molar-refractivity contribution is 0.142. The lowest BCUT2D eigenvalue weighted by atomic mass is 9.85. The Bertz CT molecular complexity index is 966. The Labute approximate surface area is 182 Å².